The molecule has 0 aliphatic heterocycles. The first kappa shape index (κ1) is 13.4. The van der Waals surface area contributed by atoms with E-state index in [1.54, 1.807) is 4.68 Å². The maximum Gasteiger partial charge on any atom is 0.281 e. The van der Waals surface area contributed by atoms with Gasteiger partial charge in [-0.15, -0.1) is 0 Å². The van der Waals surface area contributed by atoms with Crippen LogP contribution in [-0.2, 0) is 13.6 Å². The fourth-order valence-electron chi connectivity index (χ4n) is 2.68. The van der Waals surface area contributed by atoms with Gasteiger partial charge in [-0.05, 0) is 18.6 Å². The Hall–Kier alpha value is -2.60. The van der Waals surface area contributed by atoms with Gasteiger partial charge in [-0.25, -0.2) is 5.84 Å². The van der Waals surface area contributed by atoms with Crippen molar-refractivity contribution >= 4 is 16.9 Å². The third-order valence-corrected chi connectivity index (χ3v) is 3.62. The summed E-state index contributed by atoms with van der Waals surface area (Å²) < 4.78 is 3.73. The van der Waals surface area contributed by atoms with E-state index in [-0.39, 0.29) is 5.91 Å². The molecular formula is C15H17N5O. The van der Waals surface area contributed by atoms with Crippen LogP contribution >= 0.6 is 0 Å². The lowest BCUT2D eigenvalue weighted by Crippen LogP contribution is -2.32. The molecule has 108 valence electrons. The second kappa shape index (κ2) is 5.06. The lowest BCUT2D eigenvalue weighted by molar-refractivity contribution is 0.0945. The number of hydrogen-bond acceptors (Lipinski definition) is 3. The molecule has 0 aliphatic carbocycles. The van der Waals surface area contributed by atoms with Gasteiger partial charge in [0, 0.05) is 13.6 Å². The quantitative estimate of drug-likeness (QED) is 0.432. The molecule has 6 nitrogen and oxygen atoms in total. The van der Waals surface area contributed by atoms with Crippen molar-refractivity contribution in [3.63, 3.8) is 0 Å². The molecule has 0 aliphatic rings. The molecule has 1 aromatic carbocycles. The molecule has 0 saturated carbocycles. The summed E-state index contributed by atoms with van der Waals surface area (Å²) in [4.78, 5) is 12.0. The zero-order valence-corrected chi connectivity index (χ0v) is 12.0. The largest absolute Gasteiger partial charge is 0.329 e. The predicted molar refractivity (Wildman–Crippen MR) is 80.6 cm³/mol. The smallest absolute Gasteiger partial charge is 0.281 e. The van der Waals surface area contributed by atoms with Crippen LogP contribution in [0, 0.1) is 6.92 Å². The second-order valence-corrected chi connectivity index (χ2v) is 5.02. The van der Waals surface area contributed by atoms with Gasteiger partial charge in [0.1, 0.15) is 5.69 Å². The number of hydrazine groups is 1. The molecule has 1 amide bonds. The van der Waals surface area contributed by atoms with Crippen molar-refractivity contribution in [3.8, 4) is 0 Å². The Balaban J connectivity index is 2.19. The molecular weight excluding hydrogens is 266 g/mol. The highest BCUT2D eigenvalue weighted by Gasteiger charge is 2.19. The first-order valence-corrected chi connectivity index (χ1v) is 6.69. The number of nitrogens with zero attached hydrogens (tertiary/aromatic N) is 3. The van der Waals surface area contributed by atoms with E-state index in [9.17, 15) is 4.79 Å². The minimum atomic E-state index is -0.304. The van der Waals surface area contributed by atoms with Gasteiger partial charge in [-0.2, -0.15) is 5.10 Å². The highest BCUT2D eigenvalue weighted by molar-refractivity contribution is 5.98. The van der Waals surface area contributed by atoms with Gasteiger partial charge in [0.2, 0.25) is 0 Å². The molecule has 0 unspecified atom stereocenters. The van der Waals surface area contributed by atoms with E-state index < -0.39 is 0 Å². The molecule has 3 N–H and O–H groups in total. The maximum absolute atomic E-state index is 12.0. The minimum Gasteiger partial charge on any atom is -0.329 e. The molecule has 3 rings (SSSR count). The predicted octanol–water partition coefficient (Wildman–Crippen LogP) is 1.34. The van der Waals surface area contributed by atoms with Gasteiger partial charge in [0.05, 0.1) is 16.7 Å². The van der Waals surface area contributed by atoms with Crippen molar-refractivity contribution < 1.29 is 4.79 Å². The summed E-state index contributed by atoms with van der Waals surface area (Å²) in [5.41, 5.74) is 6.62. The topological polar surface area (TPSA) is 77.9 Å². The van der Waals surface area contributed by atoms with Gasteiger partial charge < -0.3 is 4.57 Å². The number of fused-ring (bicyclic) bond motifs is 1. The van der Waals surface area contributed by atoms with Gasteiger partial charge >= 0.3 is 0 Å². The molecule has 0 saturated heterocycles. The summed E-state index contributed by atoms with van der Waals surface area (Å²) >= 11 is 0. The summed E-state index contributed by atoms with van der Waals surface area (Å²) in [6.45, 7) is 2.54. The second-order valence-electron chi connectivity index (χ2n) is 5.02. The SMILES string of the molecule is Cc1nn(C)c2cc(C(=O)NN)n(Cc3ccccc3)c12. The first-order valence-electron chi connectivity index (χ1n) is 6.69. The average molecular weight is 283 g/mol. The normalized spacial score (nSPS) is 11.0. The van der Waals surface area contributed by atoms with Crippen molar-refractivity contribution in [1.29, 1.82) is 0 Å². The third kappa shape index (κ3) is 2.19. The van der Waals surface area contributed by atoms with E-state index in [0.717, 1.165) is 22.3 Å². The lowest BCUT2D eigenvalue weighted by Gasteiger charge is -2.09. The number of nitrogens with one attached hydrogen (secondary N) is 1. The molecule has 2 aromatic heterocycles. The molecule has 0 atom stereocenters. The van der Waals surface area contributed by atoms with Crippen molar-refractivity contribution in [1.82, 2.24) is 19.8 Å². The van der Waals surface area contributed by atoms with E-state index in [1.807, 2.05) is 54.9 Å². The number of nitrogen functional groups attached to an aromatic ring is 1. The van der Waals surface area contributed by atoms with Gasteiger partial charge in [0.15, 0.2) is 0 Å². The number of aryl methyl sites for hydroxylation is 2. The average Bonchev–Trinajstić information content (AvgIpc) is 2.99. The Labute approximate surface area is 122 Å². The van der Waals surface area contributed by atoms with Crippen LogP contribution in [0.25, 0.3) is 11.0 Å². The number of amides is 1. The number of rotatable bonds is 3. The molecule has 0 spiro atoms. The van der Waals surface area contributed by atoms with Crippen LogP contribution in [0.1, 0.15) is 21.7 Å². The number of hydrogen-bond donors (Lipinski definition) is 2. The molecule has 3 aromatic rings. The third-order valence-electron chi connectivity index (χ3n) is 3.62. The molecule has 6 heteroatoms. The zero-order valence-electron chi connectivity index (χ0n) is 12.0. The summed E-state index contributed by atoms with van der Waals surface area (Å²) in [6.07, 6.45) is 0. The highest BCUT2D eigenvalue weighted by atomic mass is 16.2. The summed E-state index contributed by atoms with van der Waals surface area (Å²) in [5, 5.41) is 4.41. The Bertz CT molecular complexity index is 800. The van der Waals surface area contributed by atoms with Crippen molar-refractivity contribution in [2.75, 3.05) is 0 Å². The standard InChI is InChI=1S/C15H17N5O/c1-10-14-12(19(2)18-10)8-13(15(21)17-16)20(14)9-11-6-4-3-5-7-11/h3-8H,9,16H2,1-2H3,(H,17,21). The Morgan fingerprint density at radius 2 is 2.05 bits per heavy atom. The molecule has 0 radical (unpaired) electrons. The summed E-state index contributed by atoms with van der Waals surface area (Å²) in [6, 6.07) is 11.8. The Kier molecular flexibility index (Phi) is 3.23. The number of benzene rings is 1. The number of carbonyl (C=O) groups excluding carboxylic acids is 1. The minimum absolute atomic E-state index is 0.304. The van der Waals surface area contributed by atoms with Crippen LogP contribution in [-0.4, -0.2) is 20.3 Å². The zero-order chi connectivity index (χ0) is 15.0. The summed E-state index contributed by atoms with van der Waals surface area (Å²) in [5.74, 6) is 4.99. The van der Waals surface area contributed by atoms with Crippen LogP contribution < -0.4 is 11.3 Å². The Morgan fingerprint density at radius 3 is 2.71 bits per heavy atom. The van der Waals surface area contributed by atoms with Crippen LogP contribution in [0.2, 0.25) is 0 Å². The van der Waals surface area contributed by atoms with Gasteiger partial charge in [-0.3, -0.25) is 14.9 Å². The van der Waals surface area contributed by atoms with Crippen LogP contribution in [0.15, 0.2) is 36.4 Å². The van der Waals surface area contributed by atoms with Crippen LogP contribution in [0.5, 0.6) is 0 Å². The van der Waals surface area contributed by atoms with Crippen LogP contribution in [0.4, 0.5) is 0 Å². The van der Waals surface area contributed by atoms with Crippen molar-refractivity contribution in [2.45, 2.75) is 13.5 Å². The van der Waals surface area contributed by atoms with E-state index in [2.05, 4.69) is 10.5 Å². The molecule has 21 heavy (non-hydrogen) atoms. The van der Waals surface area contributed by atoms with E-state index in [1.165, 1.54) is 0 Å². The molecule has 2 heterocycles. The lowest BCUT2D eigenvalue weighted by atomic mass is 10.2. The van der Waals surface area contributed by atoms with Gasteiger partial charge in [0.25, 0.3) is 5.91 Å². The first-order chi connectivity index (χ1) is 10.1. The van der Waals surface area contributed by atoms with E-state index in [4.69, 9.17) is 5.84 Å². The fourth-order valence-corrected chi connectivity index (χ4v) is 2.68. The molecule has 0 fully saturated rings. The number of nitrogens with two attached hydrogens (primary N) is 1. The van der Waals surface area contributed by atoms with Gasteiger partial charge in [-0.1, -0.05) is 30.3 Å². The maximum atomic E-state index is 12.0. The summed E-state index contributed by atoms with van der Waals surface area (Å²) in [7, 11) is 1.87. The van der Waals surface area contributed by atoms with E-state index >= 15 is 0 Å². The van der Waals surface area contributed by atoms with Crippen molar-refractivity contribution in [2.24, 2.45) is 12.9 Å². The Morgan fingerprint density at radius 1 is 1.33 bits per heavy atom. The number of aromatic nitrogens is 3. The highest BCUT2D eigenvalue weighted by Crippen LogP contribution is 2.24. The van der Waals surface area contributed by atoms with Crippen LogP contribution in [0.3, 0.4) is 0 Å². The monoisotopic (exact) mass is 283 g/mol. The van der Waals surface area contributed by atoms with Crippen molar-refractivity contribution in [3.05, 3.63) is 53.3 Å². The number of carbonyl (C=O) groups is 1. The molecule has 0 bridgehead atoms. The van der Waals surface area contributed by atoms with E-state index in [0.29, 0.717) is 12.2 Å². The fraction of sp³-hybridized carbons (Fsp3) is 0.200.